The third-order valence-electron chi connectivity index (χ3n) is 5.47. The van der Waals surface area contributed by atoms with Gasteiger partial charge in [0.1, 0.15) is 17.7 Å². The van der Waals surface area contributed by atoms with E-state index in [4.69, 9.17) is 0 Å². The molecule has 0 aliphatic heterocycles. The maximum atomic E-state index is 14.1. The minimum Gasteiger partial charge on any atom is -0.480 e. The van der Waals surface area contributed by atoms with E-state index in [0.717, 1.165) is 29.3 Å². The molecule has 0 bridgehead atoms. The van der Waals surface area contributed by atoms with Crippen LogP contribution >= 0.6 is 0 Å². The van der Waals surface area contributed by atoms with E-state index < -0.39 is 44.5 Å². The van der Waals surface area contributed by atoms with Crippen LogP contribution in [0.4, 0.5) is 14.5 Å². The second-order valence-electron chi connectivity index (χ2n) is 8.19. The van der Waals surface area contributed by atoms with Crippen molar-refractivity contribution >= 4 is 27.6 Å². The Morgan fingerprint density at radius 3 is 2.20 bits per heavy atom. The zero-order valence-electron chi connectivity index (χ0n) is 19.2. The van der Waals surface area contributed by atoms with Gasteiger partial charge in [0.15, 0.2) is 4.90 Å². The minimum atomic E-state index is -4.75. The summed E-state index contributed by atoms with van der Waals surface area (Å²) in [4.78, 5) is 23.7. The maximum absolute atomic E-state index is 14.1. The van der Waals surface area contributed by atoms with E-state index in [2.05, 4.69) is 10.0 Å². The SMILES string of the molecule is Cc1ccc(C(=O)N[C@@H](Cc2ccc(C)c(C)c2)C(=O)O)c(NS(=O)(=O)c2c(F)cccc2F)c1. The van der Waals surface area contributed by atoms with Crippen molar-refractivity contribution in [2.45, 2.75) is 38.1 Å². The molecule has 0 unspecified atom stereocenters. The first-order chi connectivity index (χ1) is 16.4. The van der Waals surface area contributed by atoms with Crippen LogP contribution < -0.4 is 10.0 Å². The van der Waals surface area contributed by atoms with Crippen molar-refractivity contribution in [3.05, 3.63) is 94.0 Å². The maximum Gasteiger partial charge on any atom is 0.326 e. The molecule has 0 spiro atoms. The van der Waals surface area contributed by atoms with Crippen molar-refractivity contribution in [2.75, 3.05) is 4.72 Å². The third kappa shape index (κ3) is 6.02. The summed E-state index contributed by atoms with van der Waals surface area (Å²) in [5.41, 5.74) is 2.79. The summed E-state index contributed by atoms with van der Waals surface area (Å²) < 4.78 is 55.8. The lowest BCUT2D eigenvalue weighted by molar-refractivity contribution is -0.139. The fourth-order valence-electron chi connectivity index (χ4n) is 3.48. The Morgan fingerprint density at radius 2 is 1.60 bits per heavy atom. The molecule has 1 amide bonds. The van der Waals surface area contributed by atoms with Crippen LogP contribution in [0, 0.1) is 32.4 Å². The lowest BCUT2D eigenvalue weighted by atomic mass is 10.0. The van der Waals surface area contributed by atoms with E-state index in [1.807, 2.05) is 26.0 Å². The number of carbonyl (C=O) groups is 2. The Bertz CT molecular complexity index is 1390. The van der Waals surface area contributed by atoms with Crippen LogP contribution in [-0.2, 0) is 21.2 Å². The molecule has 0 saturated heterocycles. The first-order valence-corrected chi connectivity index (χ1v) is 12.0. The molecule has 184 valence electrons. The van der Waals surface area contributed by atoms with Crippen LogP contribution in [0.15, 0.2) is 59.5 Å². The lowest BCUT2D eigenvalue weighted by Crippen LogP contribution is -2.42. The molecule has 3 N–H and O–H groups in total. The Labute approximate surface area is 201 Å². The van der Waals surface area contributed by atoms with E-state index in [1.54, 1.807) is 13.0 Å². The van der Waals surface area contributed by atoms with Crippen molar-refractivity contribution in [3.8, 4) is 0 Å². The minimum absolute atomic E-state index is 0.00441. The molecule has 1 atom stereocenters. The summed E-state index contributed by atoms with van der Waals surface area (Å²) in [5.74, 6) is -4.74. The van der Waals surface area contributed by atoms with Crippen LogP contribution in [0.3, 0.4) is 0 Å². The van der Waals surface area contributed by atoms with Crippen molar-refractivity contribution in [2.24, 2.45) is 0 Å². The highest BCUT2D eigenvalue weighted by Crippen LogP contribution is 2.25. The smallest absolute Gasteiger partial charge is 0.326 e. The van der Waals surface area contributed by atoms with Gasteiger partial charge in [0, 0.05) is 6.42 Å². The Balaban J connectivity index is 1.91. The number of aryl methyl sites for hydroxylation is 3. The summed E-state index contributed by atoms with van der Waals surface area (Å²) in [5, 5.41) is 12.1. The van der Waals surface area contributed by atoms with Crippen molar-refractivity contribution in [1.82, 2.24) is 5.32 Å². The first-order valence-electron chi connectivity index (χ1n) is 10.6. The molecule has 3 aromatic carbocycles. The van der Waals surface area contributed by atoms with Gasteiger partial charge in [-0.05, 0) is 67.3 Å². The van der Waals surface area contributed by atoms with Gasteiger partial charge in [-0.2, -0.15) is 0 Å². The second-order valence-corrected chi connectivity index (χ2v) is 9.81. The molecule has 35 heavy (non-hydrogen) atoms. The van der Waals surface area contributed by atoms with Crippen molar-refractivity contribution < 1.29 is 31.9 Å². The number of hydrogen-bond acceptors (Lipinski definition) is 4. The number of hydrogen-bond donors (Lipinski definition) is 3. The van der Waals surface area contributed by atoms with E-state index in [1.165, 1.54) is 18.2 Å². The summed E-state index contributed by atoms with van der Waals surface area (Å²) in [6, 6.07) is 10.9. The molecule has 0 radical (unpaired) electrons. The van der Waals surface area contributed by atoms with Crippen molar-refractivity contribution in [3.63, 3.8) is 0 Å². The van der Waals surface area contributed by atoms with E-state index >= 15 is 0 Å². The van der Waals surface area contributed by atoms with Crippen LogP contribution in [0.25, 0.3) is 0 Å². The van der Waals surface area contributed by atoms with E-state index in [9.17, 15) is 31.9 Å². The molecule has 0 heterocycles. The van der Waals surface area contributed by atoms with Crippen molar-refractivity contribution in [1.29, 1.82) is 0 Å². The van der Waals surface area contributed by atoms with Gasteiger partial charge in [0.25, 0.3) is 15.9 Å². The number of carbonyl (C=O) groups excluding carboxylic acids is 1. The highest BCUT2D eigenvalue weighted by atomic mass is 32.2. The number of rotatable bonds is 8. The predicted molar refractivity (Wildman–Crippen MR) is 127 cm³/mol. The Morgan fingerprint density at radius 1 is 0.943 bits per heavy atom. The van der Waals surface area contributed by atoms with Gasteiger partial charge >= 0.3 is 5.97 Å². The average molecular weight is 503 g/mol. The number of halogens is 2. The van der Waals surface area contributed by atoms with E-state index in [0.29, 0.717) is 11.1 Å². The zero-order chi connectivity index (χ0) is 25.9. The Hall–Kier alpha value is -3.79. The highest BCUT2D eigenvalue weighted by Gasteiger charge is 2.27. The zero-order valence-corrected chi connectivity index (χ0v) is 20.0. The van der Waals surface area contributed by atoms with Gasteiger partial charge < -0.3 is 10.4 Å². The van der Waals surface area contributed by atoms with E-state index in [-0.39, 0.29) is 17.7 Å². The number of carboxylic acids is 1. The fourth-order valence-corrected chi connectivity index (χ4v) is 4.69. The van der Waals surface area contributed by atoms with Crippen LogP contribution in [0.1, 0.15) is 32.6 Å². The third-order valence-corrected chi connectivity index (χ3v) is 6.88. The number of aliphatic carboxylic acids is 1. The Kier molecular flexibility index (Phi) is 7.54. The van der Waals surface area contributed by atoms with Gasteiger partial charge in [-0.25, -0.2) is 22.0 Å². The first kappa shape index (κ1) is 25.8. The van der Waals surface area contributed by atoms with Gasteiger partial charge in [0.05, 0.1) is 11.3 Å². The predicted octanol–water partition coefficient (Wildman–Crippen LogP) is 4.12. The molecular weight excluding hydrogens is 478 g/mol. The average Bonchev–Trinajstić information content (AvgIpc) is 2.75. The monoisotopic (exact) mass is 502 g/mol. The normalized spacial score (nSPS) is 12.1. The van der Waals surface area contributed by atoms with Crippen LogP contribution in [0.2, 0.25) is 0 Å². The molecule has 7 nitrogen and oxygen atoms in total. The number of sulfonamides is 1. The molecule has 0 aromatic heterocycles. The van der Waals surface area contributed by atoms with Gasteiger partial charge in [-0.15, -0.1) is 0 Å². The molecular formula is C25H24F2N2O5S. The molecule has 0 aliphatic rings. The number of carboxylic acid groups (broad SMARTS) is 1. The topological polar surface area (TPSA) is 113 Å². The highest BCUT2D eigenvalue weighted by molar-refractivity contribution is 7.92. The fraction of sp³-hybridized carbons (Fsp3) is 0.200. The summed E-state index contributed by atoms with van der Waals surface area (Å²) >= 11 is 0. The number of benzene rings is 3. The largest absolute Gasteiger partial charge is 0.480 e. The summed E-state index contributed by atoms with van der Waals surface area (Å²) in [6.07, 6.45) is -0.00441. The van der Waals surface area contributed by atoms with Gasteiger partial charge in [-0.3, -0.25) is 9.52 Å². The second kappa shape index (κ2) is 10.2. The molecule has 10 heteroatoms. The van der Waals surface area contributed by atoms with Gasteiger partial charge in [0.2, 0.25) is 0 Å². The summed E-state index contributed by atoms with van der Waals surface area (Å²) in [7, 11) is -4.75. The lowest BCUT2D eigenvalue weighted by Gasteiger charge is -2.18. The van der Waals surface area contributed by atoms with Gasteiger partial charge in [-0.1, -0.05) is 30.3 Å². The molecule has 3 rings (SSSR count). The molecule has 0 aliphatic carbocycles. The molecule has 0 fully saturated rings. The number of amides is 1. The van der Waals surface area contributed by atoms with Crippen LogP contribution in [0.5, 0.6) is 0 Å². The quantitative estimate of drug-likeness (QED) is 0.429. The molecule has 0 saturated carbocycles. The van der Waals surface area contributed by atoms with Crippen LogP contribution in [-0.4, -0.2) is 31.4 Å². The summed E-state index contributed by atoms with van der Waals surface area (Å²) in [6.45, 7) is 5.43. The number of anilines is 1. The standard InChI is InChI=1S/C25H24F2N2O5S/c1-14-7-10-18(21(11-14)29-35(33,34)23-19(26)5-4-6-20(23)27)24(30)28-22(25(31)32)13-17-9-8-15(2)16(3)12-17/h4-12,22,29H,13H2,1-3H3,(H,28,30)(H,31,32)/t22-/m0/s1. The number of nitrogens with one attached hydrogen (secondary N) is 2. The molecule has 3 aromatic rings.